The number of anilines is 1. The minimum atomic E-state index is 0.562. The Labute approximate surface area is 133 Å². The maximum atomic E-state index is 6.28. The summed E-state index contributed by atoms with van der Waals surface area (Å²) >= 11 is 7.97. The highest BCUT2D eigenvalue weighted by atomic mass is 35.5. The Bertz CT molecular complexity index is 802. The van der Waals surface area contributed by atoms with Gasteiger partial charge in [0.25, 0.3) is 0 Å². The van der Waals surface area contributed by atoms with Crippen molar-refractivity contribution in [2.24, 2.45) is 0 Å². The first-order valence-corrected chi connectivity index (χ1v) is 8.03. The number of rotatable bonds is 3. The summed E-state index contributed by atoms with van der Waals surface area (Å²) in [6, 6.07) is 16.2. The van der Waals surface area contributed by atoms with Gasteiger partial charge in [0.05, 0.1) is 5.52 Å². The second-order valence-electron chi connectivity index (χ2n) is 4.91. The maximum absolute atomic E-state index is 6.28. The van der Waals surface area contributed by atoms with Crippen LogP contribution in [0, 0.1) is 6.92 Å². The Kier molecular flexibility index (Phi) is 4.04. The van der Waals surface area contributed by atoms with Gasteiger partial charge in [0, 0.05) is 27.3 Å². The van der Waals surface area contributed by atoms with E-state index < -0.39 is 0 Å². The van der Waals surface area contributed by atoms with Crippen LogP contribution in [0.3, 0.4) is 0 Å². The first kappa shape index (κ1) is 14.2. The van der Waals surface area contributed by atoms with E-state index in [9.17, 15) is 0 Å². The monoisotopic (exact) mass is 314 g/mol. The molecule has 0 bridgehead atoms. The number of pyridine rings is 1. The quantitative estimate of drug-likeness (QED) is 0.416. The van der Waals surface area contributed by atoms with E-state index in [2.05, 4.69) is 11.1 Å². The molecule has 0 spiro atoms. The van der Waals surface area contributed by atoms with Gasteiger partial charge in [0.1, 0.15) is 5.15 Å². The summed E-state index contributed by atoms with van der Waals surface area (Å²) in [5.41, 5.74) is 10.00. The fraction of sp³-hybridized carbons (Fsp3) is 0.118. The number of para-hydroxylation sites is 2. The van der Waals surface area contributed by atoms with E-state index in [0.717, 1.165) is 38.4 Å². The summed E-state index contributed by atoms with van der Waals surface area (Å²) in [6.07, 6.45) is 0. The second kappa shape index (κ2) is 5.96. The number of nitrogens with zero attached hydrogens (tertiary/aromatic N) is 1. The molecular weight excluding hydrogens is 300 g/mol. The zero-order chi connectivity index (χ0) is 14.8. The van der Waals surface area contributed by atoms with Crippen LogP contribution >= 0.6 is 23.4 Å². The largest absolute Gasteiger partial charge is 0.398 e. The topological polar surface area (TPSA) is 38.9 Å². The van der Waals surface area contributed by atoms with Gasteiger partial charge in [0.2, 0.25) is 0 Å². The number of benzene rings is 2. The van der Waals surface area contributed by atoms with Gasteiger partial charge in [-0.15, -0.1) is 11.8 Å². The molecule has 1 aromatic heterocycles. The van der Waals surface area contributed by atoms with E-state index in [0.29, 0.717) is 5.15 Å². The molecular formula is C17H15ClN2S. The molecule has 0 radical (unpaired) electrons. The maximum Gasteiger partial charge on any atom is 0.133 e. The molecule has 0 aliphatic heterocycles. The molecule has 21 heavy (non-hydrogen) atoms. The van der Waals surface area contributed by atoms with Crippen LogP contribution in [-0.4, -0.2) is 4.98 Å². The predicted octanol–water partition coefficient (Wildman–Crippen LogP) is 5.07. The number of nitrogens with two attached hydrogens (primary N) is 1. The summed E-state index contributed by atoms with van der Waals surface area (Å²) in [5.74, 6) is 0.754. The van der Waals surface area contributed by atoms with E-state index in [-0.39, 0.29) is 0 Å². The molecule has 0 saturated carbocycles. The molecule has 0 saturated heterocycles. The van der Waals surface area contributed by atoms with Crippen LogP contribution in [0.2, 0.25) is 5.15 Å². The molecule has 0 fully saturated rings. The summed E-state index contributed by atoms with van der Waals surface area (Å²) in [4.78, 5) is 5.53. The SMILES string of the molecule is Cc1cccc(SCc2cc3ccccc3nc2Cl)c1N. The third-order valence-electron chi connectivity index (χ3n) is 3.42. The third-order valence-corrected chi connectivity index (χ3v) is 4.87. The number of halogens is 1. The molecule has 2 nitrogen and oxygen atoms in total. The first-order chi connectivity index (χ1) is 10.1. The average molecular weight is 315 g/mol. The van der Waals surface area contributed by atoms with Gasteiger partial charge in [-0.1, -0.05) is 41.9 Å². The molecule has 3 rings (SSSR count). The first-order valence-electron chi connectivity index (χ1n) is 6.67. The highest BCUT2D eigenvalue weighted by Crippen LogP contribution is 2.32. The zero-order valence-electron chi connectivity index (χ0n) is 11.6. The number of aromatic nitrogens is 1. The van der Waals surface area contributed by atoms with Gasteiger partial charge in [-0.05, 0) is 30.7 Å². The van der Waals surface area contributed by atoms with Crippen molar-refractivity contribution in [3.05, 3.63) is 64.8 Å². The van der Waals surface area contributed by atoms with E-state index in [1.807, 2.05) is 49.4 Å². The van der Waals surface area contributed by atoms with Crippen molar-refractivity contribution in [3.63, 3.8) is 0 Å². The summed E-state index contributed by atoms with van der Waals surface area (Å²) in [7, 11) is 0. The van der Waals surface area contributed by atoms with Gasteiger partial charge >= 0.3 is 0 Å². The van der Waals surface area contributed by atoms with Crippen LogP contribution < -0.4 is 5.73 Å². The fourth-order valence-corrected chi connectivity index (χ4v) is 3.49. The van der Waals surface area contributed by atoms with Crippen LogP contribution in [0.1, 0.15) is 11.1 Å². The molecule has 0 unspecified atom stereocenters. The van der Waals surface area contributed by atoms with E-state index in [1.54, 1.807) is 11.8 Å². The van der Waals surface area contributed by atoms with Gasteiger partial charge < -0.3 is 5.73 Å². The third kappa shape index (κ3) is 2.99. The van der Waals surface area contributed by atoms with Crippen LogP contribution in [0.15, 0.2) is 53.4 Å². The van der Waals surface area contributed by atoms with Crippen molar-refractivity contribution in [1.82, 2.24) is 4.98 Å². The molecule has 3 aromatic rings. The van der Waals surface area contributed by atoms with Crippen molar-refractivity contribution in [3.8, 4) is 0 Å². The number of hydrogen-bond acceptors (Lipinski definition) is 3. The Balaban J connectivity index is 1.88. The number of thioether (sulfide) groups is 1. The Morgan fingerprint density at radius 2 is 1.95 bits per heavy atom. The molecule has 0 amide bonds. The summed E-state index contributed by atoms with van der Waals surface area (Å²) < 4.78 is 0. The van der Waals surface area contributed by atoms with E-state index in [1.165, 1.54) is 0 Å². The molecule has 0 aliphatic carbocycles. The molecule has 4 heteroatoms. The molecule has 0 atom stereocenters. The highest BCUT2D eigenvalue weighted by Gasteiger charge is 2.07. The number of aryl methyl sites for hydroxylation is 1. The normalized spacial score (nSPS) is 11.0. The molecule has 2 aromatic carbocycles. The summed E-state index contributed by atoms with van der Waals surface area (Å²) in [6.45, 7) is 2.02. The van der Waals surface area contributed by atoms with E-state index in [4.69, 9.17) is 17.3 Å². The van der Waals surface area contributed by atoms with Crippen molar-refractivity contribution in [1.29, 1.82) is 0 Å². The van der Waals surface area contributed by atoms with Crippen molar-refractivity contribution in [2.75, 3.05) is 5.73 Å². The highest BCUT2D eigenvalue weighted by molar-refractivity contribution is 7.98. The van der Waals surface area contributed by atoms with Crippen molar-refractivity contribution >= 4 is 40.0 Å². The van der Waals surface area contributed by atoms with Crippen LogP contribution in [0.4, 0.5) is 5.69 Å². The van der Waals surface area contributed by atoms with Gasteiger partial charge in [-0.2, -0.15) is 0 Å². The molecule has 1 heterocycles. The molecule has 2 N–H and O–H groups in total. The van der Waals surface area contributed by atoms with Crippen LogP contribution in [0.25, 0.3) is 10.9 Å². The Morgan fingerprint density at radius 3 is 2.81 bits per heavy atom. The van der Waals surface area contributed by atoms with Crippen molar-refractivity contribution in [2.45, 2.75) is 17.6 Å². The van der Waals surface area contributed by atoms with Crippen molar-refractivity contribution < 1.29 is 0 Å². The van der Waals surface area contributed by atoms with E-state index >= 15 is 0 Å². The van der Waals surface area contributed by atoms with Crippen LogP contribution in [-0.2, 0) is 5.75 Å². The van der Waals surface area contributed by atoms with Gasteiger partial charge in [0.15, 0.2) is 0 Å². The predicted molar refractivity (Wildman–Crippen MR) is 91.9 cm³/mol. The zero-order valence-corrected chi connectivity index (χ0v) is 13.2. The number of nitrogen functional groups attached to an aromatic ring is 1. The Hall–Kier alpha value is -1.71. The van der Waals surface area contributed by atoms with Gasteiger partial charge in [-0.3, -0.25) is 0 Å². The summed E-state index contributed by atoms with van der Waals surface area (Å²) in [5, 5.41) is 1.67. The molecule has 106 valence electrons. The number of hydrogen-bond donors (Lipinski definition) is 1. The lowest BCUT2D eigenvalue weighted by molar-refractivity contribution is 1.30. The lowest BCUT2D eigenvalue weighted by Crippen LogP contribution is -1.93. The smallest absolute Gasteiger partial charge is 0.133 e. The standard InChI is InChI=1S/C17H15ClN2S/c1-11-5-4-8-15(16(11)19)21-10-13-9-12-6-2-3-7-14(12)20-17(13)18/h2-9H,10,19H2,1H3. The second-order valence-corrected chi connectivity index (χ2v) is 6.28. The van der Waals surface area contributed by atoms with Gasteiger partial charge in [-0.25, -0.2) is 4.98 Å². The average Bonchev–Trinajstić information content (AvgIpc) is 2.49. The fourth-order valence-electron chi connectivity index (χ4n) is 2.17. The Morgan fingerprint density at radius 1 is 1.14 bits per heavy atom. The lowest BCUT2D eigenvalue weighted by atomic mass is 10.2. The van der Waals surface area contributed by atoms with Crippen LogP contribution in [0.5, 0.6) is 0 Å². The minimum absolute atomic E-state index is 0.562. The minimum Gasteiger partial charge on any atom is -0.398 e. The number of fused-ring (bicyclic) bond motifs is 1. The molecule has 0 aliphatic rings. The lowest BCUT2D eigenvalue weighted by Gasteiger charge is -2.09.